The molecule has 0 spiro atoms. The van der Waals surface area contributed by atoms with Crippen LogP contribution in [0.4, 0.5) is 5.69 Å². The standard InChI is InChI=1S/C12H6Br3NO5S/c13-7-5-8(14)12(9(15)6-7)21-22(19,20)11-4-2-1-3-10(11)16(17)18/h1-6H. The Hall–Kier alpha value is -0.970. The fourth-order valence-corrected chi connectivity index (χ4v) is 5.35. The summed E-state index contributed by atoms with van der Waals surface area (Å²) in [6.07, 6.45) is 0. The van der Waals surface area contributed by atoms with Crippen molar-refractivity contribution in [1.29, 1.82) is 0 Å². The van der Waals surface area contributed by atoms with Gasteiger partial charge in [0.2, 0.25) is 0 Å². The lowest BCUT2D eigenvalue weighted by Crippen LogP contribution is -2.12. The van der Waals surface area contributed by atoms with Crippen LogP contribution in [-0.4, -0.2) is 13.3 Å². The van der Waals surface area contributed by atoms with Crippen molar-refractivity contribution in [2.24, 2.45) is 0 Å². The van der Waals surface area contributed by atoms with Crippen LogP contribution in [-0.2, 0) is 10.1 Å². The number of rotatable bonds is 4. The minimum Gasteiger partial charge on any atom is -0.376 e. The van der Waals surface area contributed by atoms with E-state index in [1.807, 2.05) is 0 Å². The highest BCUT2D eigenvalue weighted by Crippen LogP contribution is 2.38. The molecule has 0 aliphatic heterocycles. The molecule has 0 radical (unpaired) electrons. The highest BCUT2D eigenvalue weighted by Gasteiger charge is 2.28. The van der Waals surface area contributed by atoms with Crippen LogP contribution >= 0.6 is 47.8 Å². The average Bonchev–Trinajstić information content (AvgIpc) is 2.43. The molecule has 22 heavy (non-hydrogen) atoms. The number of nitro benzene ring substituents is 1. The Morgan fingerprint density at radius 2 is 1.59 bits per heavy atom. The predicted octanol–water partition coefficient (Wildman–Crippen LogP) is 4.65. The summed E-state index contributed by atoms with van der Waals surface area (Å²) in [5.74, 6) is 0.00125. The number of para-hydroxylation sites is 1. The van der Waals surface area contributed by atoms with Gasteiger partial charge in [-0.2, -0.15) is 8.42 Å². The first-order chi connectivity index (χ1) is 10.2. The lowest BCUT2D eigenvalue weighted by Gasteiger charge is -2.11. The fourth-order valence-electron chi connectivity index (χ4n) is 1.58. The van der Waals surface area contributed by atoms with Crippen LogP contribution in [0.2, 0.25) is 0 Å². The molecule has 2 rings (SSSR count). The molecule has 0 aliphatic carbocycles. The van der Waals surface area contributed by atoms with Gasteiger partial charge in [0.15, 0.2) is 10.6 Å². The third kappa shape index (κ3) is 3.67. The zero-order valence-corrected chi connectivity index (χ0v) is 16.1. The zero-order valence-electron chi connectivity index (χ0n) is 10.5. The number of hydrogen-bond donors (Lipinski definition) is 0. The number of hydrogen-bond acceptors (Lipinski definition) is 5. The minimum absolute atomic E-state index is 0.00125. The smallest absolute Gasteiger partial charge is 0.346 e. The van der Waals surface area contributed by atoms with E-state index >= 15 is 0 Å². The third-order valence-electron chi connectivity index (χ3n) is 2.49. The molecule has 10 heteroatoms. The second kappa shape index (κ2) is 6.65. The largest absolute Gasteiger partial charge is 0.376 e. The van der Waals surface area contributed by atoms with E-state index in [4.69, 9.17) is 4.18 Å². The number of nitrogens with zero attached hydrogens (tertiary/aromatic N) is 1. The zero-order chi connectivity index (χ0) is 16.5. The van der Waals surface area contributed by atoms with Crippen LogP contribution in [0.25, 0.3) is 0 Å². The molecule has 0 unspecified atom stereocenters. The molecule has 2 aromatic rings. The van der Waals surface area contributed by atoms with Crippen LogP contribution in [0.3, 0.4) is 0 Å². The van der Waals surface area contributed by atoms with Gasteiger partial charge in [-0.05, 0) is 50.1 Å². The van der Waals surface area contributed by atoms with Gasteiger partial charge in [0.25, 0.3) is 5.69 Å². The summed E-state index contributed by atoms with van der Waals surface area (Å²) in [7, 11) is -4.36. The molecule has 0 fully saturated rings. The number of benzene rings is 2. The fraction of sp³-hybridized carbons (Fsp3) is 0. The lowest BCUT2D eigenvalue weighted by molar-refractivity contribution is -0.387. The van der Waals surface area contributed by atoms with Crippen LogP contribution in [0.1, 0.15) is 0 Å². The summed E-state index contributed by atoms with van der Waals surface area (Å²) >= 11 is 9.62. The molecule has 2 aromatic carbocycles. The van der Waals surface area contributed by atoms with Gasteiger partial charge in [-0.25, -0.2) is 0 Å². The maximum absolute atomic E-state index is 12.3. The van der Waals surface area contributed by atoms with Crippen molar-refractivity contribution in [3.63, 3.8) is 0 Å². The highest BCUT2D eigenvalue weighted by molar-refractivity contribution is 9.11. The summed E-state index contributed by atoms with van der Waals surface area (Å²) < 4.78 is 31.2. The van der Waals surface area contributed by atoms with Crippen molar-refractivity contribution in [2.45, 2.75) is 4.90 Å². The Kier molecular flexibility index (Phi) is 5.25. The first-order valence-corrected chi connectivity index (χ1v) is 9.33. The topological polar surface area (TPSA) is 86.5 Å². The van der Waals surface area contributed by atoms with Crippen molar-refractivity contribution < 1.29 is 17.5 Å². The SMILES string of the molecule is O=[N+]([O-])c1ccccc1S(=O)(=O)Oc1c(Br)cc(Br)cc1Br. The van der Waals surface area contributed by atoms with Crippen molar-refractivity contribution in [3.05, 3.63) is 59.9 Å². The van der Waals surface area contributed by atoms with Crippen molar-refractivity contribution in [3.8, 4) is 5.75 Å². The first kappa shape index (κ1) is 17.4. The molecule has 6 nitrogen and oxygen atoms in total. The van der Waals surface area contributed by atoms with Crippen LogP contribution in [0, 0.1) is 10.1 Å². The first-order valence-electron chi connectivity index (χ1n) is 5.55. The summed E-state index contributed by atoms with van der Waals surface area (Å²) in [5, 5.41) is 11.0. The summed E-state index contributed by atoms with van der Waals surface area (Å²) in [6.45, 7) is 0. The van der Waals surface area contributed by atoms with Crippen LogP contribution < -0.4 is 4.18 Å². The van der Waals surface area contributed by atoms with E-state index < -0.39 is 25.6 Å². The average molecular weight is 516 g/mol. The Labute approximate surface area is 151 Å². The third-order valence-corrected chi connectivity index (χ3v) is 5.39. The Morgan fingerprint density at radius 3 is 2.14 bits per heavy atom. The number of halogens is 3. The van der Waals surface area contributed by atoms with Gasteiger partial charge < -0.3 is 4.18 Å². The molecule has 0 amide bonds. The van der Waals surface area contributed by atoms with E-state index in [0.29, 0.717) is 13.4 Å². The van der Waals surface area contributed by atoms with E-state index in [0.717, 1.165) is 12.1 Å². The molecule has 0 heterocycles. The van der Waals surface area contributed by atoms with Gasteiger partial charge in [-0.1, -0.05) is 28.1 Å². The second-order valence-corrected chi connectivity index (χ2v) is 8.10. The van der Waals surface area contributed by atoms with Crippen LogP contribution in [0.15, 0.2) is 54.7 Å². The van der Waals surface area contributed by atoms with E-state index in [1.165, 1.54) is 12.1 Å². The van der Waals surface area contributed by atoms with Gasteiger partial charge in [0.05, 0.1) is 13.9 Å². The van der Waals surface area contributed by atoms with Gasteiger partial charge in [-0.3, -0.25) is 10.1 Å². The van der Waals surface area contributed by atoms with E-state index in [2.05, 4.69) is 47.8 Å². The monoisotopic (exact) mass is 513 g/mol. The molecule has 0 aliphatic rings. The van der Waals surface area contributed by atoms with E-state index in [9.17, 15) is 18.5 Å². The Bertz CT molecular complexity index is 831. The molecular weight excluding hydrogens is 510 g/mol. The van der Waals surface area contributed by atoms with Crippen LogP contribution in [0.5, 0.6) is 5.75 Å². The minimum atomic E-state index is -4.36. The van der Waals surface area contributed by atoms with E-state index in [-0.39, 0.29) is 5.75 Å². The maximum Gasteiger partial charge on any atom is 0.346 e. The molecule has 0 aromatic heterocycles. The second-order valence-electron chi connectivity index (χ2n) is 3.96. The normalized spacial score (nSPS) is 11.2. The number of nitro groups is 1. The molecule has 0 bridgehead atoms. The van der Waals surface area contributed by atoms with E-state index in [1.54, 1.807) is 12.1 Å². The predicted molar refractivity (Wildman–Crippen MR) is 90.5 cm³/mol. The van der Waals surface area contributed by atoms with Crippen molar-refractivity contribution in [1.82, 2.24) is 0 Å². The summed E-state index contributed by atoms with van der Waals surface area (Å²) in [5.41, 5.74) is -0.549. The quantitative estimate of drug-likeness (QED) is 0.336. The molecule has 0 saturated heterocycles. The van der Waals surface area contributed by atoms with Crippen molar-refractivity contribution >= 4 is 63.6 Å². The maximum atomic E-state index is 12.3. The van der Waals surface area contributed by atoms with Gasteiger partial charge in [0.1, 0.15) is 0 Å². The van der Waals surface area contributed by atoms with Gasteiger partial charge >= 0.3 is 10.1 Å². The molecular formula is C12H6Br3NO5S. The highest BCUT2D eigenvalue weighted by atomic mass is 79.9. The summed E-state index contributed by atoms with van der Waals surface area (Å²) in [4.78, 5) is 9.67. The van der Waals surface area contributed by atoms with Gasteiger partial charge in [-0.15, -0.1) is 0 Å². The Balaban J connectivity index is 2.52. The van der Waals surface area contributed by atoms with Crippen molar-refractivity contribution in [2.75, 3.05) is 0 Å². The molecule has 0 atom stereocenters. The molecule has 116 valence electrons. The lowest BCUT2D eigenvalue weighted by atomic mass is 10.3. The summed E-state index contributed by atoms with van der Waals surface area (Å²) in [6, 6.07) is 8.16. The molecule has 0 saturated carbocycles. The Morgan fingerprint density at radius 1 is 1.05 bits per heavy atom. The molecule has 0 N–H and O–H groups in total. The van der Waals surface area contributed by atoms with Gasteiger partial charge in [0, 0.05) is 10.5 Å².